The normalized spacial score (nSPS) is 17.3. The van der Waals surface area contributed by atoms with Gasteiger partial charge in [-0.3, -0.25) is 15.6 Å². The van der Waals surface area contributed by atoms with Gasteiger partial charge >= 0.3 is 0 Å². The summed E-state index contributed by atoms with van der Waals surface area (Å²) < 4.78 is 6.07. The molecular weight excluding hydrogens is 416 g/mol. The Labute approximate surface area is 191 Å². The number of ether oxygens (including phenoxy) is 1. The molecular formula is C26H22N4O3. The molecule has 2 aliphatic rings. The van der Waals surface area contributed by atoms with E-state index in [1.165, 1.54) is 13.0 Å². The minimum Gasteiger partial charge on any atom is -0.508 e. The molecule has 3 aromatic rings. The first-order chi connectivity index (χ1) is 15.9. The molecule has 1 unspecified atom stereocenters. The van der Waals surface area contributed by atoms with E-state index in [9.17, 15) is 15.3 Å². The molecule has 0 radical (unpaired) electrons. The molecule has 3 aromatic carbocycles. The van der Waals surface area contributed by atoms with Gasteiger partial charge in [-0.25, -0.2) is 5.01 Å². The van der Waals surface area contributed by atoms with Gasteiger partial charge in [0.05, 0.1) is 11.3 Å². The second-order valence-corrected chi connectivity index (χ2v) is 8.03. The van der Waals surface area contributed by atoms with Crippen LogP contribution in [0.1, 0.15) is 29.5 Å². The number of hydrazine groups is 1. The van der Waals surface area contributed by atoms with Crippen molar-refractivity contribution in [2.24, 2.45) is 4.99 Å². The fourth-order valence-corrected chi connectivity index (χ4v) is 4.05. The third-order valence-electron chi connectivity index (χ3n) is 5.70. The third kappa shape index (κ3) is 3.63. The number of amidine groups is 2. The largest absolute Gasteiger partial charge is 0.508 e. The lowest BCUT2D eigenvalue weighted by molar-refractivity contribution is -0.111. The highest BCUT2D eigenvalue weighted by molar-refractivity contribution is 6.39. The Morgan fingerprint density at radius 3 is 2.52 bits per heavy atom. The molecule has 5 rings (SSSR count). The molecule has 7 nitrogen and oxygen atoms in total. The zero-order valence-corrected chi connectivity index (χ0v) is 18.2. The molecule has 0 saturated heterocycles. The Morgan fingerprint density at radius 1 is 1.09 bits per heavy atom. The number of aliphatic imine (C=N–C) groups is 1. The molecule has 0 bridgehead atoms. The van der Waals surface area contributed by atoms with E-state index in [0.717, 1.165) is 16.7 Å². The van der Waals surface area contributed by atoms with Gasteiger partial charge in [-0.2, -0.15) is 4.99 Å². The number of hydrogen-bond acceptors (Lipinski definition) is 6. The molecule has 2 aliphatic heterocycles. The Bertz CT molecular complexity index is 1330. The van der Waals surface area contributed by atoms with Crippen LogP contribution < -0.4 is 15.2 Å². The summed E-state index contributed by atoms with van der Waals surface area (Å²) in [6.45, 7) is 3.40. The van der Waals surface area contributed by atoms with E-state index in [0.29, 0.717) is 17.0 Å². The number of phenolic OH excluding ortho intramolecular Hbond substituents is 1. The smallest absolute Gasteiger partial charge is 0.229 e. The summed E-state index contributed by atoms with van der Waals surface area (Å²) >= 11 is 0. The third-order valence-corrected chi connectivity index (χ3v) is 5.70. The van der Waals surface area contributed by atoms with E-state index in [2.05, 4.69) is 10.4 Å². The summed E-state index contributed by atoms with van der Waals surface area (Å²) in [6.07, 6.45) is 0. The zero-order chi connectivity index (χ0) is 23.1. The van der Waals surface area contributed by atoms with Gasteiger partial charge in [0, 0.05) is 24.5 Å². The van der Waals surface area contributed by atoms with Gasteiger partial charge in [-0.05, 0) is 30.7 Å². The number of hydrogen-bond donors (Lipinski definition) is 3. The van der Waals surface area contributed by atoms with Crippen LogP contribution in [0.3, 0.4) is 0 Å². The highest BCUT2D eigenvalue weighted by Gasteiger charge is 2.38. The molecule has 3 N–H and O–H groups in total. The first kappa shape index (κ1) is 20.5. The predicted molar refractivity (Wildman–Crippen MR) is 127 cm³/mol. The van der Waals surface area contributed by atoms with Crippen molar-refractivity contribution in [3.8, 4) is 11.5 Å². The van der Waals surface area contributed by atoms with Crippen LogP contribution >= 0.6 is 0 Å². The summed E-state index contributed by atoms with van der Waals surface area (Å²) in [4.78, 5) is 16.9. The van der Waals surface area contributed by atoms with Crippen LogP contribution in [0.15, 0.2) is 89.2 Å². The lowest BCUT2D eigenvalue weighted by atomic mass is 9.82. The van der Waals surface area contributed by atoms with Crippen LogP contribution in [0, 0.1) is 12.3 Å². The van der Waals surface area contributed by atoms with Gasteiger partial charge in [0.15, 0.2) is 17.5 Å². The molecule has 0 saturated carbocycles. The maximum absolute atomic E-state index is 12.4. The number of fused-ring (bicyclic) bond motifs is 1. The number of phenols is 1. The van der Waals surface area contributed by atoms with Crippen LogP contribution in [0.4, 0.5) is 5.69 Å². The van der Waals surface area contributed by atoms with Crippen molar-refractivity contribution in [1.82, 2.24) is 5.43 Å². The van der Waals surface area contributed by atoms with Crippen LogP contribution in [0.5, 0.6) is 11.5 Å². The SMILES string of the molecule is CC(=O)C1=NC2=C(C(=N)N(c3ccc(C)cc3)N1)C(c1ccccc1)c1ccc(O)cc1O2. The molecule has 0 aromatic heterocycles. The van der Waals surface area contributed by atoms with Crippen molar-refractivity contribution >= 4 is 23.1 Å². The lowest BCUT2D eigenvalue weighted by Crippen LogP contribution is -2.48. The number of Topliss-reactive ketones (excluding diaryl/α,β-unsaturated/α-hetero) is 1. The second kappa shape index (κ2) is 7.94. The van der Waals surface area contributed by atoms with Crippen molar-refractivity contribution in [2.45, 2.75) is 19.8 Å². The molecule has 164 valence electrons. The number of aryl methyl sites for hydroxylation is 1. The summed E-state index contributed by atoms with van der Waals surface area (Å²) in [5.74, 6) is 0.133. The predicted octanol–water partition coefficient (Wildman–Crippen LogP) is 4.43. The Hall–Kier alpha value is -4.39. The minimum absolute atomic E-state index is 0.0562. The summed E-state index contributed by atoms with van der Waals surface area (Å²) in [5, 5.41) is 20.8. The molecule has 0 fully saturated rings. The number of benzene rings is 3. The number of ketones is 1. The zero-order valence-electron chi connectivity index (χ0n) is 18.2. The molecule has 1 atom stereocenters. The Balaban J connectivity index is 1.75. The molecule has 0 spiro atoms. The van der Waals surface area contributed by atoms with Gasteiger partial charge in [-0.15, -0.1) is 0 Å². The minimum atomic E-state index is -0.386. The van der Waals surface area contributed by atoms with Crippen LogP contribution in [-0.2, 0) is 4.79 Å². The van der Waals surface area contributed by atoms with Gasteiger partial charge in [0.1, 0.15) is 11.5 Å². The van der Waals surface area contributed by atoms with Crippen LogP contribution in [0.25, 0.3) is 0 Å². The summed E-state index contributed by atoms with van der Waals surface area (Å²) in [6, 6.07) is 22.3. The Morgan fingerprint density at radius 2 is 1.82 bits per heavy atom. The van der Waals surface area contributed by atoms with Gasteiger partial charge < -0.3 is 9.84 Å². The highest BCUT2D eigenvalue weighted by atomic mass is 16.5. The molecule has 33 heavy (non-hydrogen) atoms. The molecule has 0 aliphatic carbocycles. The number of aromatic hydroxyl groups is 1. The first-order valence-corrected chi connectivity index (χ1v) is 10.5. The van der Waals surface area contributed by atoms with E-state index in [1.807, 2.05) is 61.5 Å². The molecule has 2 heterocycles. The average molecular weight is 438 g/mol. The molecule has 0 amide bonds. The maximum Gasteiger partial charge on any atom is 0.229 e. The lowest BCUT2D eigenvalue weighted by Gasteiger charge is -2.32. The van der Waals surface area contributed by atoms with Crippen molar-refractivity contribution in [2.75, 3.05) is 5.01 Å². The number of carbonyl (C=O) groups excluding carboxylic acids is 1. The van der Waals surface area contributed by atoms with Crippen LogP contribution in [-0.4, -0.2) is 22.6 Å². The fraction of sp³-hybridized carbons (Fsp3) is 0.115. The van der Waals surface area contributed by atoms with E-state index in [-0.39, 0.29) is 35.0 Å². The number of nitrogens with zero attached hydrogens (tertiary/aromatic N) is 2. The Kier molecular flexibility index (Phi) is 4.94. The summed E-state index contributed by atoms with van der Waals surface area (Å²) in [7, 11) is 0. The van der Waals surface area contributed by atoms with E-state index in [1.54, 1.807) is 17.1 Å². The van der Waals surface area contributed by atoms with E-state index in [4.69, 9.17) is 4.74 Å². The number of carbonyl (C=O) groups is 1. The second-order valence-electron chi connectivity index (χ2n) is 8.03. The van der Waals surface area contributed by atoms with E-state index < -0.39 is 0 Å². The quantitative estimate of drug-likeness (QED) is 0.562. The monoisotopic (exact) mass is 438 g/mol. The van der Waals surface area contributed by atoms with Gasteiger partial charge in [0.2, 0.25) is 5.88 Å². The highest BCUT2D eigenvalue weighted by Crippen LogP contribution is 2.46. The maximum atomic E-state index is 12.4. The van der Waals surface area contributed by atoms with Crippen molar-refractivity contribution in [3.63, 3.8) is 0 Å². The average Bonchev–Trinajstić information content (AvgIpc) is 2.95. The number of rotatable bonds is 3. The summed E-state index contributed by atoms with van der Waals surface area (Å²) in [5.41, 5.74) is 7.03. The standard InChI is InChI=1S/C26H22N4O3/c1-15-8-10-18(11-9-15)30-24(27)23-22(17-6-4-3-5-7-17)20-13-12-19(32)14-21(20)33-26(23)28-25(29-30)16(2)31/h3-14,22,27,32H,1-2H3,(H,28,29). The van der Waals surface area contributed by atoms with Crippen molar-refractivity contribution < 1.29 is 14.6 Å². The van der Waals surface area contributed by atoms with Crippen molar-refractivity contribution in [3.05, 3.63) is 101 Å². The number of nitrogens with one attached hydrogen (secondary N) is 2. The van der Waals surface area contributed by atoms with Gasteiger partial charge in [0.25, 0.3) is 0 Å². The number of anilines is 1. The van der Waals surface area contributed by atoms with Gasteiger partial charge in [-0.1, -0.05) is 54.1 Å². The van der Waals surface area contributed by atoms with E-state index >= 15 is 0 Å². The van der Waals surface area contributed by atoms with Crippen LogP contribution in [0.2, 0.25) is 0 Å². The van der Waals surface area contributed by atoms with Crippen molar-refractivity contribution in [1.29, 1.82) is 5.41 Å². The molecule has 7 heteroatoms. The fourth-order valence-electron chi connectivity index (χ4n) is 4.05. The topological polar surface area (TPSA) is 98.0 Å². The first-order valence-electron chi connectivity index (χ1n) is 10.5.